The molecular weight excluding hydrogens is 204 g/mol. The van der Waals surface area contributed by atoms with Crippen LogP contribution in [-0.4, -0.2) is 31.7 Å². The summed E-state index contributed by atoms with van der Waals surface area (Å²) in [6.07, 6.45) is 2.91. The number of methoxy groups -OCH3 is 1. The first-order valence-corrected chi connectivity index (χ1v) is 6.09. The molecule has 1 aliphatic carbocycles. The van der Waals surface area contributed by atoms with Crippen LogP contribution in [0.5, 0.6) is 0 Å². The van der Waals surface area contributed by atoms with Crippen LogP contribution in [0.15, 0.2) is 0 Å². The molecule has 4 atom stereocenters. The summed E-state index contributed by atoms with van der Waals surface area (Å²) in [5, 5.41) is 2.98. The summed E-state index contributed by atoms with van der Waals surface area (Å²) in [6, 6.07) is 0.257. The Kier molecular flexibility index (Phi) is 5.22. The number of hydrogen-bond acceptors (Lipinski definition) is 3. The summed E-state index contributed by atoms with van der Waals surface area (Å²) in [7, 11) is 1.64. The molecule has 0 aromatic rings. The van der Waals surface area contributed by atoms with Crippen molar-refractivity contribution in [3.63, 3.8) is 0 Å². The minimum atomic E-state index is 0.0721. The van der Waals surface area contributed by atoms with Crippen LogP contribution in [0.1, 0.15) is 33.1 Å². The molecule has 4 heteroatoms. The highest BCUT2D eigenvalue weighted by molar-refractivity contribution is 5.79. The lowest BCUT2D eigenvalue weighted by Crippen LogP contribution is -2.45. The van der Waals surface area contributed by atoms with Gasteiger partial charge in [-0.05, 0) is 32.1 Å². The molecule has 1 aliphatic rings. The lowest BCUT2D eigenvalue weighted by molar-refractivity contribution is -0.128. The van der Waals surface area contributed by atoms with Crippen molar-refractivity contribution >= 4 is 5.91 Å². The molecule has 0 saturated heterocycles. The lowest BCUT2D eigenvalue weighted by atomic mass is 9.77. The molecule has 0 heterocycles. The summed E-state index contributed by atoms with van der Waals surface area (Å²) >= 11 is 0. The summed E-state index contributed by atoms with van der Waals surface area (Å²) in [5.41, 5.74) is 5.91. The molecule has 0 spiro atoms. The van der Waals surface area contributed by atoms with Gasteiger partial charge in [-0.1, -0.05) is 6.92 Å². The zero-order valence-corrected chi connectivity index (χ0v) is 10.5. The molecule has 0 aromatic heterocycles. The van der Waals surface area contributed by atoms with E-state index in [4.69, 9.17) is 10.5 Å². The Hall–Kier alpha value is -0.610. The van der Waals surface area contributed by atoms with Crippen LogP contribution in [-0.2, 0) is 9.53 Å². The van der Waals surface area contributed by atoms with Gasteiger partial charge in [0, 0.05) is 25.1 Å². The van der Waals surface area contributed by atoms with E-state index in [2.05, 4.69) is 12.2 Å². The summed E-state index contributed by atoms with van der Waals surface area (Å²) < 4.78 is 5.00. The van der Waals surface area contributed by atoms with Crippen molar-refractivity contribution < 1.29 is 9.53 Å². The van der Waals surface area contributed by atoms with Gasteiger partial charge in [-0.3, -0.25) is 4.79 Å². The third-order valence-corrected chi connectivity index (χ3v) is 3.38. The van der Waals surface area contributed by atoms with E-state index in [1.807, 2.05) is 6.92 Å². The van der Waals surface area contributed by atoms with Crippen LogP contribution in [0.25, 0.3) is 0 Å². The molecule has 4 unspecified atom stereocenters. The number of ether oxygens (including phenoxy) is 1. The minimum Gasteiger partial charge on any atom is -0.383 e. The highest BCUT2D eigenvalue weighted by Crippen LogP contribution is 2.29. The van der Waals surface area contributed by atoms with Gasteiger partial charge in [0.25, 0.3) is 0 Å². The average Bonchev–Trinajstić information content (AvgIpc) is 2.21. The van der Waals surface area contributed by atoms with E-state index in [1.54, 1.807) is 7.11 Å². The first kappa shape index (κ1) is 13.5. The molecule has 3 N–H and O–H groups in total. The number of amides is 1. The minimum absolute atomic E-state index is 0.0721. The second kappa shape index (κ2) is 6.21. The predicted molar refractivity (Wildman–Crippen MR) is 64.0 cm³/mol. The van der Waals surface area contributed by atoms with Crippen molar-refractivity contribution in [2.24, 2.45) is 17.6 Å². The fourth-order valence-electron chi connectivity index (χ4n) is 2.36. The average molecular weight is 228 g/mol. The zero-order chi connectivity index (χ0) is 12.1. The van der Waals surface area contributed by atoms with E-state index in [-0.39, 0.29) is 23.9 Å². The van der Waals surface area contributed by atoms with Gasteiger partial charge in [0.2, 0.25) is 5.91 Å². The second-order valence-electron chi connectivity index (χ2n) is 5.02. The van der Waals surface area contributed by atoms with E-state index < -0.39 is 0 Å². The fraction of sp³-hybridized carbons (Fsp3) is 0.917. The lowest BCUT2D eigenvalue weighted by Gasteiger charge is -2.32. The number of hydrogen-bond donors (Lipinski definition) is 2. The molecule has 1 rings (SSSR count). The number of nitrogens with one attached hydrogen (secondary N) is 1. The summed E-state index contributed by atoms with van der Waals surface area (Å²) in [4.78, 5) is 12.0. The standard InChI is InChI=1S/C12H24N2O2/c1-8-4-5-10(13)6-11(8)12(15)14-9(2)7-16-3/h8-11H,4-7,13H2,1-3H3,(H,14,15). The van der Waals surface area contributed by atoms with E-state index in [1.165, 1.54) is 0 Å². The van der Waals surface area contributed by atoms with Crippen molar-refractivity contribution in [1.82, 2.24) is 5.32 Å². The van der Waals surface area contributed by atoms with Crippen molar-refractivity contribution in [1.29, 1.82) is 0 Å². The Balaban J connectivity index is 2.45. The molecule has 1 fully saturated rings. The highest BCUT2D eigenvalue weighted by atomic mass is 16.5. The first-order chi connectivity index (χ1) is 7.54. The van der Waals surface area contributed by atoms with Gasteiger partial charge in [-0.15, -0.1) is 0 Å². The second-order valence-corrected chi connectivity index (χ2v) is 5.02. The van der Waals surface area contributed by atoms with Crippen molar-refractivity contribution in [2.45, 2.75) is 45.2 Å². The number of nitrogens with two attached hydrogens (primary N) is 1. The molecule has 16 heavy (non-hydrogen) atoms. The molecular formula is C12H24N2O2. The van der Waals surface area contributed by atoms with Crippen LogP contribution >= 0.6 is 0 Å². The molecule has 1 saturated carbocycles. The maximum absolute atomic E-state index is 12.0. The summed E-state index contributed by atoms with van der Waals surface area (Å²) in [5.74, 6) is 0.643. The third kappa shape index (κ3) is 3.76. The Labute approximate surface area is 97.9 Å². The quantitative estimate of drug-likeness (QED) is 0.751. The number of rotatable bonds is 4. The smallest absolute Gasteiger partial charge is 0.223 e. The van der Waals surface area contributed by atoms with Gasteiger partial charge >= 0.3 is 0 Å². The molecule has 0 aromatic carbocycles. The fourth-order valence-corrected chi connectivity index (χ4v) is 2.36. The van der Waals surface area contributed by atoms with Crippen LogP contribution in [0.2, 0.25) is 0 Å². The van der Waals surface area contributed by atoms with Gasteiger partial charge < -0.3 is 15.8 Å². The number of carbonyl (C=O) groups excluding carboxylic acids is 1. The molecule has 0 bridgehead atoms. The largest absolute Gasteiger partial charge is 0.383 e. The molecule has 4 nitrogen and oxygen atoms in total. The SMILES string of the molecule is COCC(C)NC(=O)C1CC(N)CCC1C. The molecule has 0 aliphatic heterocycles. The van der Waals surface area contributed by atoms with Gasteiger partial charge in [0.1, 0.15) is 0 Å². The Morgan fingerprint density at radius 2 is 2.25 bits per heavy atom. The van der Waals surface area contributed by atoms with Gasteiger partial charge in [-0.2, -0.15) is 0 Å². The van der Waals surface area contributed by atoms with Gasteiger partial charge in [0.05, 0.1) is 6.61 Å². The molecule has 94 valence electrons. The molecule has 1 amide bonds. The molecule has 0 radical (unpaired) electrons. The van der Waals surface area contributed by atoms with E-state index in [0.717, 1.165) is 19.3 Å². The van der Waals surface area contributed by atoms with Crippen molar-refractivity contribution in [3.8, 4) is 0 Å². The van der Waals surface area contributed by atoms with E-state index >= 15 is 0 Å². The predicted octanol–water partition coefficient (Wildman–Crippen LogP) is 0.901. The topological polar surface area (TPSA) is 64.3 Å². The first-order valence-electron chi connectivity index (χ1n) is 6.09. The maximum Gasteiger partial charge on any atom is 0.223 e. The monoisotopic (exact) mass is 228 g/mol. The third-order valence-electron chi connectivity index (χ3n) is 3.38. The summed E-state index contributed by atoms with van der Waals surface area (Å²) in [6.45, 7) is 4.64. The van der Waals surface area contributed by atoms with Gasteiger partial charge in [-0.25, -0.2) is 0 Å². The maximum atomic E-state index is 12.0. The normalized spacial score (nSPS) is 32.1. The number of carbonyl (C=O) groups is 1. The van der Waals surface area contributed by atoms with E-state index in [9.17, 15) is 4.79 Å². The Morgan fingerprint density at radius 1 is 1.56 bits per heavy atom. The van der Waals surface area contributed by atoms with Crippen LogP contribution in [0, 0.1) is 11.8 Å². The Bertz CT molecular complexity index is 233. The Morgan fingerprint density at radius 3 is 2.88 bits per heavy atom. The van der Waals surface area contributed by atoms with Crippen molar-refractivity contribution in [3.05, 3.63) is 0 Å². The van der Waals surface area contributed by atoms with Crippen LogP contribution in [0.3, 0.4) is 0 Å². The van der Waals surface area contributed by atoms with Gasteiger partial charge in [0.15, 0.2) is 0 Å². The zero-order valence-electron chi connectivity index (χ0n) is 10.5. The van der Waals surface area contributed by atoms with Crippen molar-refractivity contribution in [2.75, 3.05) is 13.7 Å². The van der Waals surface area contributed by atoms with E-state index in [0.29, 0.717) is 12.5 Å². The highest BCUT2D eigenvalue weighted by Gasteiger charge is 2.31. The van der Waals surface area contributed by atoms with Crippen LogP contribution in [0.4, 0.5) is 0 Å². The van der Waals surface area contributed by atoms with Crippen LogP contribution < -0.4 is 11.1 Å².